The number of nitrogens with one attached hydrogen (secondary N) is 1. The molecule has 102 valence electrons. The van der Waals surface area contributed by atoms with Crippen LogP contribution in [-0.4, -0.2) is 28.0 Å². The van der Waals surface area contributed by atoms with Crippen LogP contribution in [-0.2, 0) is 11.2 Å². The molecule has 0 unspecified atom stereocenters. The van der Waals surface area contributed by atoms with Gasteiger partial charge in [-0.25, -0.2) is 8.78 Å². The monoisotopic (exact) mass is 284 g/mol. The molecule has 0 bridgehead atoms. The van der Waals surface area contributed by atoms with Crippen LogP contribution in [0.1, 0.15) is 19.4 Å². The van der Waals surface area contributed by atoms with Gasteiger partial charge in [-0.3, -0.25) is 9.69 Å². The second-order valence-corrected chi connectivity index (χ2v) is 5.59. The van der Waals surface area contributed by atoms with E-state index in [1.807, 2.05) is 13.8 Å². The van der Waals surface area contributed by atoms with Crippen molar-refractivity contribution in [1.29, 1.82) is 0 Å². The molecule has 0 radical (unpaired) electrons. The van der Waals surface area contributed by atoms with Gasteiger partial charge in [-0.05, 0) is 44.3 Å². The molecule has 1 amide bonds. The van der Waals surface area contributed by atoms with Gasteiger partial charge in [0.1, 0.15) is 11.6 Å². The van der Waals surface area contributed by atoms with Gasteiger partial charge < -0.3 is 5.32 Å². The molecule has 0 aromatic heterocycles. The highest BCUT2D eigenvalue weighted by molar-refractivity contribution is 7.80. The molecule has 3 nitrogen and oxygen atoms in total. The lowest BCUT2D eigenvalue weighted by Gasteiger charge is -2.17. The van der Waals surface area contributed by atoms with Crippen LogP contribution >= 0.6 is 12.2 Å². The number of nitrogens with zero attached hydrogens (tertiary/aromatic N) is 1. The van der Waals surface area contributed by atoms with Crippen molar-refractivity contribution >= 4 is 23.2 Å². The Morgan fingerprint density at radius 3 is 2.74 bits per heavy atom. The van der Waals surface area contributed by atoms with E-state index in [0.29, 0.717) is 11.7 Å². The number of rotatable bonds is 2. The smallest absolute Gasteiger partial charge is 0.233 e. The minimum atomic E-state index is -0.591. The molecule has 1 fully saturated rings. The third-order valence-electron chi connectivity index (χ3n) is 2.89. The maximum atomic E-state index is 13.5. The summed E-state index contributed by atoms with van der Waals surface area (Å²) in [4.78, 5) is 13.5. The Balaban J connectivity index is 2.14. The molecule has 1 heterocycles. The molecule has 1 aromatic rings. The summed E-state index contributed by atoms with van der Waals surface area (Å²) in [6.45, 7) is 4.24. The van der Waals surface area contributed by atoms with E-state index in [0.717, 1.165) is 18.2 Å². The SMILES string of the molecule is CC1(C)CN(C(=O)Cc2cc(F)ccc2F)C(=S)N1. The normalized spacial score (nSPS) is 17.5. The van der Waals surface area contributed by atoms with Crippen molar-refractivity contribution in [3.8, 4) is 0 Å². The van der Waals surface area contributed by atoms with Gasteiger partial charge in [-0.2, -0.15) is 0 Å². The van der Waals surface area contributed by atoms with Gasteiger partial charge in [0.15, 0.2) is 5.11 Å². The number of hydrogen-bond donors (Lipinski definition) is 1. The Bertz CT molecular complexity index is 545. The van der Waals surface area contributed by atoms with Crippen molar-refractivity contribution < 1.29 is 13.6 Å². The van der Waals surface area contributed by atoms with E-state index < -0.39 is 11.6 Å². The van der Waals surface area contributed by atoms with Crippen LogP contribution in [0.25, 0.3) is 0 Å². The zero-order valence-corrected chi connectivity index (χ0v) is 11.5. The highest BCUT2D eigenvalue weighted by Crippen LogP contribution is 2.17. The molecule has 6 heteroatoms. The quantitative estimate of drug-likeness (QED) is 0.843. The van der Waals surface area contributed by atoms with Crippen molar-refractivity contribution in [2.75, 3.05) is 6.54 Å². The highest BCUT2D eigenvalue weighted by atomic mass is 32.1. The predicted molar refractivity (Wildman–Crippen MR) is 71.6 cm³/mol. The van der Waals surface area contributed by atoms with E-state index in [9.17, 15) is 13.6 Å². The Hall–Kier alpha value is -1.56. The Morgan fingerprint density at radius 1 is 1.47 bits per heavy atom. The highest BCUT2D eigenvalue weighted by Gasteiger charge is 2.35. The zero-order chi connectivity index (χ0) is 14.2. The molecule has 1 aliphatic rings. The van der Waals surface area contributed by atoms with E-state index >= 15 is 0 Å². The topological polar surface area (TPSA) is 32.3 Å². The van der Waals surface area contributed by atoms with Crippen LogP contribution in [0.4, 0.5) is 8.78 Å². The number of thiocarbonyl (C=S) groups is 1. The fraction of sp³-hybridized carbons (Fsp3) is 0.385. The third kappa shape index (κ3) is 3.07. The molecule has 19 heavy (non-hydrogen) atoms. The summed E-state index contributed by atoms with van der Waals surface area (Å²) in [5, 5.41) is 3.33. The number of carbonyl (C=O) groups excluding carboxylic acids is 1. The molecule has 0 spiro atoms. The maximum Gasteiger partial charge on any atom is 0.233 e. The molecular formula is C13H14F2N2OS. The van der Waals surface area contributed by atoms with Crippen LogP contribution in [0.5, 0.6) is 0 Å². The van der Waals surface area contributed by atoms with Gasteiger partial charge in [0.05, 0.1) is 18.5 Å². The van der Waals surface area contributed by atoms with E-state index in [2.05, 4.69) is 5.32 Å². The van der Waals surface area contributed by atoms with Crippen LogP contribution in [0.3, 0.4) is 0 Å². The van der Waals surface area contributed by atoms with Gasteiger partial charge in [0.25, 0.3) is 0 Å². The first kappa shape index (κ1) is 13.9. The van der Waals surface area contributed by atoms with Gasteiger partial charge in [-0.1, -0.05) is 0 Å². The molecule has 1 N–H and O–H groups in total. The number of benzene rings is 1. The van der Waals surface area contributed by atoms with Gasteiger partial charge >= 0.3 is 0 Å². The van der Waals surface area contributed by atoms with Crippen LogP contribution < -0.4 is 5.32 Å². The molecule has 1 aromatic carbocycles. The number of amides is 1. The number of hydrogen-bond acceptors (Lipinski definition) is 2. The van der Waals surface area contributed by atoms with E-state index in [1.54, 1.807) is 0 Å². The summed E-state index contributed by atoms with van der Waals surface area (Å²) >= 11 is 5.07. The van der Waals surface area contributed by atoms with Crippen molar-refractivity contribution in [1.82, 2.24) is 10.2 Å². The summed E-state index contributed by atoms with van der Waals surface area (Å²) in [7, 11) is 0. The van der Waals surface area contributed by atoms with Crippen molar-refractivity contribution in [2.24, 2.45) is 0 Å². The molecule has 0 saturated carbocycles. The summed E-state index contributed by atoms with van der Waals surface area (Å²) in [5.41, 5.74) is -0.259. The maximum absolute atomic E-state index is 13.5. The Kier molecular flexibility index (Phi) is 3.54. The van der Waals surface area contributed by atoms with E-state index in [4.69, 9.17) is 12.2 Å². The minimum absolute atomic E-state index is 0.0394. The number of carbonyl (C=O) groups is 1. The molecule has 0 atom stereocenters. The molecular weight excluding hydrogens is 270 g/mol. The van der Waals surface area contributed by atoms with Crippen molar-refractivity contribution in [3.05, 3.63) is 35.4 Å². The number of halogens is 2. The van der Waals surface area contributed by atoms with E-state index in [-0.39, 0.29) is 23.4 Å². The molecule has 1 aliphatic heterocycles. The third-order valence-corrected chi connectivity index (χ3v) is 3.22. The van der Waals surface area contributed by atoms with Crippen molar-refractivity contribution in [2.45, 2.75) is 25.8 Å². The summed E-state index contributed by atoms with van der Waals surface area (Å²) < 4.78 is 26.5. The molecule has 0 aliphatic carbocycles. The standard InChI is InChI=1S/C13H14F2N2OS/c1-13(2)7-17(12(19)16-13)11(18)6-8-5-9(14)3-4-10(8)15/h3-5H,6-7H2,1-2H3,(H,16,19). The first-order valence-corrected chi connectivity index (χ1v) is 6.26. The van der Waals surface area contributed by atoms with Crippen LogP contribution in [0.2, 0.25) is 0 Å². The Labute approximate surface area is 115 Å². The first-order valence-electron chi connectivity index (χ1n) is 5.85. The fourth-order valence-corrected chi connectivity index (χ4v) is 2.44. The van der Waals surface area contributed by atoms with Crippen molar-refractivity contribution in [3.63, 3.8) is 0 Å². The van der Waals surface area contributed by atoms with Gasteiger partial charge in [-0.15, -0.1) is 0 Å². The lowest BCUT2D eigenvalue weighted by Crippen LogP contribution is -2.36. The van der Waals surface area contributed by atoms with Crippen LogP contribution in [0, 0.1) is 11.6 Å². The Morgan fingerprint density at radius 2 is 2.16 bits per heavy atom. The minimum Gasteiger partial charge on any atom is -0.356 e. The fourth-order valence-electron chi connectivity index (χ4n) is 2.00. The lowest BCUT2D eigenvalue weighted by atomic mass is 10.1. The molecule has 1 saturated heterocycles. The van der Waals surface area contributed by atoms with Gasteiger partial charge in [0.2, 0.25) is 5.91 Å². The second-order valence-electron chi connectivity index (χ2n) is 5.21. The second kappa shape index (κ2) is 4.85. The summed E-state index contributed by atoms with van der Waals surface area (Å²) in [5.74, 6) is -1.49. The van der Waals surface area contributed by atoms with Gasteiger partial charge in [0, 0.05) is 5.56 Å². The average Bonchev–Trinajstić information content (AvgIpc) is 2.57. The first-order chi connectivity index (χ1) is 8.78. The van der Waals surface area contributed by atoms with E-state index in [1.165, 1.54) is 4.90 Å². The largest absolute Gasteiger partial charge is 0.356 e. The predicted octanol–water partition coefficient (Wildman–Crippen LogP) is 2.00. The lowest BCUT2D eigenvalue weighted by molar-refractivity contribution is -0.126. The van der Waals surface area contributed by atoms with Crippen LogP contribution in [0.15, 0.2) is 18.2 Å². The summed E-state index contributed by atoms with van der Waals surface area (Å²) in [6.07, 6.45) is -0.207. The average molecular weight is 284 g/mol. The summed E-state index contributed by atoms with van der Waals surface area (Å²) in [6, 6.07) is 3.07. The molecule has 2 rings (SSSR count). The zero-order valence-electron chi connectivity index (χ0n) is 10.7.